The maximum atomic E-state index is 9.26. The van der Waals surface area contributed by atoms with Gasteiger partial charge in [0.1, 0.15) is 0 Å². The molecule has 17 heavy (non-hydrogen) atoms. The van der Waals surface area contributed by atoms with Crippen molar-refractivity contribution in [1.82, 2.24) is 4.90 Å². The lowest BCUT2D eigenvalue weighted by Crippen LogP contribution is -2.56. The molecule has 2 aliphatic rings. The summed E-state index contributed by atoms with van der Waals surface area (Å²) in [6.07, 6.45) is 6.81. The summed E-state index contributed by atoms with van der Waals surface area (Å²) in [6, 6.07) is 1.23. The summed E-state index contributed by atoms with van der Waals surface area (Å²) < 4.78 is 5.64. The van der Waals surface area contributed by atoms with Gasteiger partial charge in [-0.3, -0.25) is 4.90 Å². The van der Waals surface area contributed by atoms with Crippen LogP contribution in [0.3, 0.4) is 0 Å². The zero-order valence-electron chi connectivity index (χ0n) is 11.3. The zero-order valence-corrected chi connectivity index (χ0v) is 11.3. The van der Waals surface area contributed by atoms with Crippen LogP contribution in [0, 0.1) is 5.92 Å². The molecule has 0 aromatic carbocycles. The maximum absolute atomic E-state index is 9.26. The summed E-state index contributed by atoms with van der Waals surface area (Å²) in [7, 11) is 0. The lowest BCUT2D eigenvalue weighted by atomic mass is 9.81. The Balaban J connectivity index is 2.01. The molecular formula is C14H27NO2. The van der Waals surface area contributed by atoms with E-state index in [-0.39, 0.29) is 12.7 Å². The van der Waals surface area contributed by atoms with E-state index in [9.17, 15) is 5.11 Å². The first-order chi connectivity index (χ1) is 8.26. The second-order valence-corrected chi connectivity index (χ2v) is 5.70. The fourth-order valence-corrected chi connectivity index (χ4v) is 3.51. The molecule has 1 saturated heterocycles. The molecule has 0 radical (unpaired) electrons. The molecule has 1 aliphatic carbocycles. The molecule has 0 aromatic rings. The van der Waals surface area contributed by atoms with Crippen LogP contribution in [0.1, 0.15) is 46.0 Å². The molecule has 4 atom stereocenters. The SMILES string of the molecule is CCC1CCCCC1N1CC(CO)OCC1C. The number of rotatable bonds is 3. The molecule has 1 N–H and O–H groups in total. The lowest BCUT2D eigenvalue weighted by molar-refractivity contribution is -0.103. The molecule has 0 spiro atoms. The van der Waals surface area contributed by atoms with Gasteiger partial charge < -0.3 is 9.84 Å². The van der Waals surface area contributed by atoms with Gasteiger partial charge in [-0.05, 0) is 25.7 Å². The van der Waals surface area contributed by atoms with Crippen LogP contribution >= 0.6 is 0 Å². The van der Waals surface area contributed by atoms with Gasteiger partial charge in [0.25, 0.3) is 0 Å². The minimum absolute atomic E-state index is 0.0330. The molecule has 4 unspecified atom stereocenters. The van der Waals surface area contributed by atoms with Gasteiger partial charge in [-0.25, -0.2) is 0 Å². The monoisotopic (exact) mass is 241 g/mol. The quantitative estimate of drug-likeness (QED) is 0.820. The molecule has 2 fully saturated rings. The highest BCUT2D eigenvalue weighted by molar-refractivity contribution is 4.88. The molecule has 0 amide bonds. The van der Waals surface area contributed by atoms with Gasteiger partial charge in [0.2, 0.25) is 0 Å². The largest absolute Gasteiger partial charge is 0.394 e. The van der Waals surface area contributed by atoms with Crippen molar-refractivity contribution in [2.24, 2.45) is 5.92 Å². The number of aliphatic hydroxyl groups is 1. The Hall–Kier alpha value is -0.120. The second-order valence-electron chi connectivity index (χ2n) is 5.70. The Labute approximate surface area is 105 Å². The number of morpholine rings is 1. The highest BCUT2D eigenvalue weighted by Gasteiger charge is 2.35. The molecule has 1 aliphatic heterocycles. The predicted octanol–water partition coefficient (Wildman–Crippen LogP) is 2.04. The molecule has 3 heteroatoms. The van der Waals surface area contributed by atoms with Gasteiger partial charge in [0.15, 0.2) is 0 Å². The smallest absolute Gasteiger partial charge is 0.0933 e. The van der Waals surface area contributed by atoms with E-state index in [1.165, 1.54) is 32.1 Å². The number of hydrogen-bond donors (Lipinski definition) is 1. The first-order valence-electron chi connectivity index (χ1n) is 7.24. The van der Waals surface area contributed by atoms with Crippen LogP contribution in [0.25, 0.3) is 0 Å². The van der Waals surface area contributed by atoms with Crippen molar-refractivity contribution in [2.45, 2.75) is 64.1 Å². The lowest BCUT2D eigenvalue weighted by Gasteiger charge is -2.46. The third-order valence-electron chi connectivity index (χ3n) is 4.58. The van der Waals surface area contributed by atoms with Crippen molar-refractivity contribution in [3.63, 3.8) is 0 Å². The van der Waals surface area contributed by atoms with Crippen molar-refractivity contribution < 1.29 is 9.84 Å². The number of ether oxygens (including phenoxy) is 1. The predicted molar refractivity (Wildman–Crippen MR) is 69.0 cm³/mol. The van der Waals surface area contributed by atoms with Crippen molar-refractivity contribution in [2.75, 3.05) is 19.8 Å². The Kier molecular flexibility index (Phi) is 4.83. The van der Waals surface area contributed by atoms with Crippen molar-refractivity contribution in [3.05, 3.63) is 0 Å². The first-order valence-corrected chi connectivity index (χ1v) is 7.24. The van der Waals surface area contributed by atoms with Gasteiger partial charge in [-0.2, -0.15) is 0 Å². The van der Waals surface area contributed by atoms with Crippen molar-refractivity contribution in [1.29, 1.82) is 0 Å². The Morgan fingerprint density at radius 3 is 2.76 bits per heavy atom. The van der Waals surface area contributed by atoms with Crippen molar-refractivity contribution >= 4 is 0 Å². The van der Waals surface area contributed by atoms with Crippen LogP contribution in [0.2, 0.25) is 0 Å². The summed E-state index contributed by atoms with van der Waals surface area (Å²) in [5, 5.41) is 9.26. The van der Waals surface area contributed by atoms with Gasteiger partial charge >= 0.3 is 0 Å². The summed E-state index contributed by atoms with van der Waals surface area (Å²) in [5.41, 5.74) is 0. The molecule has 0 aromatic heterocycles. The molecule has 1 saturated carbocycles. The summed E-state index contributed by atoms with van der Waals surface area (Å²) >= 11 is 0. The van der Waals surface area contributed by atoms with E-state index < -0.39 is 0 Å². The molecule has 0 bridgehead atoms. The third kappa shape index (κ3) is 3.01. The topological polar surface area (TPSA) is 32.7 Å². The van der Waals surface area contributed by atoms with E-state index in [1.807, 2.05) is 0 Å². The molecule has 1 heterocycles. The van der Waals surface area contributed by atoms with Crippen LogP contribution in [0.4, 0.5) is 0 Å². The van der Waals surface area contributed by atoms with Gasteiger partial charge in [0.05, 0.1) is 19.3 Å². The van der Waals surface area contributed by atoms with E-state index in [0.717, 1.165) is 25.1 Å². The maximum Gasteiger partial charge on any atom is 0.0933 e. The van der Waals surface area contributed by atoms with E-state index in [4.69, 9.17) is 4.74 Å². The Morgan fingerprint density at radius 1 is 1.29 bits per heavy atom. The minimum Gasteiger partial charge on any atom is -0.394 e. The van der Waals surface area contributed by atoms with Gasteiger partial charge in [-0.1, -0.05) is 26.2 Å². The average Bonchev–Trinajstić information content (AvgIpc) is 2.39. The first kappa shape index (κ1) is 13.3. The van der Waals surface area contributed by atoms with Crippen LogP contribution in [0.5, 0.6) is 0 Å². The number of hydrogen-bond acceptors (Lipinski definition) is 3. The summed E-state index contributed by atoms with van der Waals surface area (Å²) in [6.45, 7) is 6.43. The molecule has 100 valence electrons. The van der Waals surface area contributed by atoms with Crippen LogP contribution in [-0.4, -0.2) is 48.0 Å². The van der Waals surface area contributed by atoms with Gasteiger partial charge in [-0.15, -0.1) is 0 Å². The minimum atomic E-state index is 0.0330. The van der Waals surface area contributed by atoms with E-state index in [1.54, 1.807) is 0 Å². The standard InChI is InChI=1S/C14H27NO2/c1-3-12-6-4-5-7-14(12)15-8-13(9-16)17-10-11(15)2/h11-14,16H,3-10H2,1-2H3. The normalized spacial score (nSPS) is 40.4. The van der Waals surface area contributed by atoms with E-state index in [2.05, 4.69) is 18.7 Å². The number of nitrogens with zero attached hydrogens (tertiary/aromatic N) is 1. The average molecular weight is 241 g/mol. The number of aliphatic hydroxyl groups excluding tert-OH is 1. The van der Waals surface area contributed by atoms with E-state index in [0.29, 0.717) is 6.04 Å². The molecule has 2 rings (SSSR count). The summed E-state index contributed by atoms with van der Waals surface area (Å²) in [4.78, 5) is 2.61. The molecular weight excluding hydrogens is 214 g/mol. The highest BCUT2D eigenvalue weighted by atomic mass is 16.5. The zero-order chi connectivity index (χ0) is 12.3. The van der Waals surface area contributed by atoms with Crippen LogP contribution in [0.15, 0.2) is 0 Å². The van der Waals surface area contributed by atoms with Gasteiger partial charge in [0, 0.05) is 18.6 Å². The van der Waals surface area contributed by atoms with Crippen LogP contribution in [-0.2, 0) is 4.74 Å². The Morgan fingerprint density at radius 2 is 2.06 bits per heavy atom. The Bertz CT molecular complexity index is 234. The van der Waals surface area contributed by atoms with E-state index >= 15 is 0 Å². The fourth-order valence-electron chi connectivity index (χ4n) is 3.51. The third-order valence-corrected chi connectivity index (χ3v) is 4.58. The highest BCUT2D eigenvalue weighted by Crippen LogP contribution is 2.33. The fraction of sp³-hybridized carbons (Fsp3) is 1.00. The van der Waals surface area contributed by atoms with Crippen molar-refractivity contribution in [3.8, 4) is 0 Å². The molecule has 3 nitrogen and oxygen atoms in total. The summed E-state index contributed by atoms with van der Waals surface area (Å²) in [5.74, 6) is 0.851. The second kappa shape index (κ2) is 6.17. The van der Waals surface area contributed by atoms with Crippen LogP contribution < -0.4 is 0 Å².